The lowest BCUT2D eigenvalue weighted by Crippen LogP contribution is -2.20. The van der Waals surface area contributed by atoms with Crippen molar-refractivity contribution in [2.75, 3.05) is 5.32 Å². The van der Waals surface area contributed by atoms with Gasteiger partial charge in [0.05, 0.1) is 10.5 Å². The average molecular weight is 274 g/mol. The number of rotatable bonds is 4. The van der Waals surface area contributed by atoms with Gasteiger partial charge in [-0.2, -0.15) is 13.2 Å². The minimum absolute atomic E-state index is 0.0671. The van der Waals surface area contributed by atoms with Crippen molar-refractivity contribution in [1.29, 1.82) is 0 Å². The summed E-state index contributed by atoms with van der Waals surface area (Å²) in [4.78, 5) is 9.72. The standard InChI is InChI=1S/C12H13F3N2O2/c1-7(8-2-3-8)16-11-5-4-9(17(18)19)6-10(11)12(13,14)15/h4-8,16H,2-3H2,1H3. The van der Waals surface area contributed by atoms with Gasteiger partial charge in [-0.3, -0.25) is 10.1 Å². The first-order valence-electron chi connectivity index (χ1n) is 5.91. The normalized spacial score (nSPS) is 17.1. The second-order valence-electron chi connectivity index (χ2n) is 4.76. The van der Waals surface area contributed by atoms with Crippen molar-refractivity contribution in [3.8, 4) is 0 Å². The summed E-state index contributed by atoms with van der Waals surface area (Å²) in [6.07, 6.45) is -2.61. The van der Waals surface area contributed by atoms with Crippen molar-refractivity contribution in [3.63, 3.8) is 0 Å². The molecule has 0 aromatic heterocycles. The highest BCUT2D eigenvalue weighted by molar-refractivity contribution is 5.58. The van der Waals surface area contributed by atoms with E-state index in [0.717, 1.165) is 25.0 Å². The molecule has 1 atom stereocenters. The molecule has 0 bridgehead atoms. The van der Waals surface area contributed by atoms with Crippen LogP contribution in [0, 0.1) is 16.0 Å². The first-order chi connectivity index (χ1) is 8.79. The number of non-ortho nitro benzene ring substituents is 1. The molecule has 104 valence electrons. The highest BCUT2D eigenvalue weighted by Crippen LogP contribution is 2.39. The number of halogens is 3. The first kappa shape index (κ1) is 13.6. The maximum absolute atomic E-state index is 12.9. The number of anilines is 1. The molecule has 4 nitrogen and oxygen atoms in total. The van der Waals surface area contributed by atoms with E-state index >= 15 is 0 Å². The Kier molecular flexibility index (Phi) is 3.38. The Balaban J connectivity index is 2.33. The van der Waals surface area contributed by atoms with Gasteiger partial charge >= 0.3 is 6.18 Å². The zero-order chi connectivity index (χ0) is 14.2. The molecule has 1 fully saturated rings. The number of hydrogen-bond donors (Lipinski definition) is 1. The minimum atomic E-state index is -4.61. The van der Waals surface area contributed by atoms with E-state index in [9.17, 15) is 23.3 Å². The molecular weight excluding hydrogens is 261 g/mol. The summed E-state index contributed by atoms with van der Waals surface area (Å²) < 4.78 is 38.7. The third kappa shape index (κ3) is 3.15. The molecule has 2 rings (SSSR count). The second kappa shape index (κ2) is 4.71. The Morgan fingerprint density at radius 3 is 2.53 bits per heavy atom. The van der Waals surface area contributed by atoms with E-state index in [1.54, 1.807) is 0 Å². The maximum atomic E-state index is 12.9. The van der Waals surface area contributed by atoms with E-state index in [1.165, 1.54) is 0 Å². The van der Waals surface area contributed by atoms with E-state index in [1.807, 2.05) is 6.92 Å². The Labute approximate surface area is 107 Å². The summed E-state index contributed by atoms with van der Waals surface area (Å²) in [5.74, 6) is 0.385. The summed E-state index contributed by atoms with van der Waals surface area (Å²) in [7, 11) is 0. The van der Waals surface area contributed by atoms with Gasteiger partial charge in [0.2, 0.25) is 0 Å². The molecule has 7 heteroatoms. The number of nitro groups is 1. The van der Waals surface area contributed by atoms with E-state index in [0.29, 0.717) is 12.0 Å². The van der Waals surface area contributed by atoms with Crippen LogP contribution in [-0.2, 0) is 6.18 Å². The van der Waals surface area contributed by atoms with Crippen molar-refractivity contribution in [1.82, 2.24) is 0 Å². The molecule has 1 aliphatic carbocycles. The molecule has 0 radical (unpaired) electrons. The molecule has 0 aliphatic heterocycles. The van der Waals surface area contributed by atoms with Gasteiger partial charge in [-0.25, -0.2) is 0 Å². The van der Waals surface area contributed by atoms with E-state index in [2.05, 4.69) is 5.32 Å². The van der Waals surface area contributed by atoms with Gasteiger partial charge in [-0.15, -0.1) is 0 Å². The third-order valence-electron chi connectivity index (χ3n) is 3.23. The number of nitrogens with one attached hydrogen (secondary N) is 1. The van der Waals surface area contributed by atoms with Crippen LogP contribution in [0.2, 0.25) is 0 Å². The van der Waals surface area contributed by atoms with Crippen LogP contribution in [0.3, 0.4) is 0 Å². The number of hydrogen-bond acceptors (Lipinski definition) is 3. The monoisotopic (exact) mass is 274 g/mol. The van der Waals surface area contributed by atoms with Gasteiger partial charge in [-0.05, 0) is 31.7 Å². The number of nitrogens with zero attached hydrogens (tertiary/aromatic N) is 1. The van der Waals surface area contributed by atoms with Gasteiger partial charge in [0.1, 0.15) is 0 Å². The van der Waals surface area contributed by atoms with Gasteiger partial charge in [-0.1, -0.05) is 0 Å². The fraction of sp³-hybridized carbons (Fsp3) is 0.500. The molecular formula is C12H13F3N2O2. The third-order valence-corrected chi connectivity index (χ3v) is 3.23. The van der Waals surface area contributed by atoms with Crippen LogP contribution in [0.25, 0.3) is 0 Å². The fourth-order valence-corrected chi connectivity index (χ4v) is 1.97. The summed E-state index contributed by atoms with van der Waals surface area (Å²) in [5.41, 5.74) is -1.65. The number of benzene rings is 1. The van der Waals surface area contributed by atoms with Crippen molar-refractivity contribution >= 4 is 11.4 Å². The van der Waals surface area contributed by atoms with E-state index in [4.69, 9.17) is 0 Å². The zero-order valence-electron chi connectivity index (χ0n) is 10.2. The van der Waals surface area contributed by atoms with Gasteiger partial charge < -0.3 is 5.32 Å². The van der Waals surface area contributed by atoms with Crippen LogP contribution in [0.5, 0.6) is 0 Å². The van der Waals surface area contributed by atoms with E-state index < -0.39 is 22.4 Å². The molecule has 1 saturated carbocycles. The largest absolute Gasteiger partial charge is 0.418 e. The second-order valence-corrected chi connectivity index (χ2v) is 4.76. The van der Waals surface area contributed by atoms with Crippen LogP contribution < -0.4 is 5.32 Å². The molecule has 1 N–H and O–H groups in total. The topological polar surface area (TPSA) is 55.2 Å². The molecule has 19 heavy (non-hydrogen) atoms. The van der Waals surface area contributed by atoms with E-state index in [-0.39, 0.29) is 11.7 Å². The molecule has 0 spiro atoms. The summed E-state index contributed by atoms with van der Waals surface area (Å²) in [6.45, 7) is 1.82. The zero-order valence-corrected chi connectivity index (χ0v) is 10.2. The Hall–Kier alpha value is -1.79. The lowest BCUT2D eigenvalue weighted by Gasteiger charge is -2.18. The average Bonchev–Trinajstić information content (AvgIpc) is 3.11. The fourth-order valence-electron chi connectivity index (χ4n) is 1.97. The van der Waals surface area contributed by atoms with Crippen molar-refractivity contribution in [2.45, 2.75) is 32.0 Å². The molecule has 1 unspecified atom stereocenters. The Morgan fingerprint density at radius 2 is 2.05 bits per heavy atom. The predicted octanol–water partition coefficient (Wildman–Crippen LogP) is 3.82. The van der Waals surface area contributed by atoms with Crippen LogP contribution in [0.15, 0.2) is 18.2 Å². The lowest BCUT2D eigenvalue weighted by atomic mass is 10.1. The summed E-state index contributed by atoms with van der Waals surface area (Å²) in [5, 5.41) is 13.4. The number of alkyl halides is 3. The predicted molar refractivity (Wildman–Crippen MR) is 63.9 cm³/mol. The summed E-state index contributed by atoms with van der Waals surface area (Å²) in [6, 6.07) is 2.71. The smallest absolute Gasteiger partial charge is 0.382 e. The van der Waals surface area contributed by atoms with Crippen LogP contribution >= 0.6 is 0 Å². The Morgan fingerprint density at radius 1 is 1.42 bits per heavy atom. The molecule has 1 aromatic carbocycles. The quantitative estimate of drug-likeness (QED) is 0.670. The molecule has 0 heterocycles. The molecule has 0 amide bonds. The van der Waals surface area contributed by atoms with Gasteiger partial charge in [0, 0.05) is 23.9 Å². The van der Waals surface area contributed by atoms with Crippen molar-refractivity contribution in [2.24, 2.45) is 5.92 Å². The van der Waals surface area contributed by atoms with Crippen LogP contribution in [0.4, 0.5) is 24.5 Å². The lowest BCUT2D eigenvalue weighted by molar-refractivity contribution is -0.385. The van der Waals surface area contributed by atoms with Gasteiger partial charge in [0.25, 0.3) is 5.69 Å². The SMILES string of the molecule is CC(Nc1ccc([N+](=O)[O-])cc1C(F)(F)F)C1CC1. The molecule has 0 saturated heterocycles. The first-order valence-corrected chi connectivity index (χ1v) is 5.91. The molecule has 1 aliphatic rings. The summed E-state index contributed by atoms with van der Waals surface area (Å²) >= 11 is 0. The van der Waals surface area contributed by atoms with Crippen molar-refractivity contribution < 1.29 is 18.1 Å². The van der Waals surface area contributed by atoms with Crippen LogP contribution in [-0.4, -0.2) is 11.0 Å². The van der Waals surface area contributed by atoms with Crippen LogP contribution in [0.1, 0.15) is 25.3 Å². The highest BCUT2D eigenvalue weighted by Gasteiger charge is 2.36. The molecule has 1 aromatic rings. The highest BCUT2D eigenvalue weighted by atomic mass is 19.4. The maximum Gasteiger partial charge on any atom is 0.418 e. The van der Waals surface area contributed by atoms with Crippen molar-refractivity contribution in [3.05, 3.63) is 33.9 Å². The number of nitro benzene ring substituents is 1. The minimum Gasteiger partial charge on any atom is -0.382 e. The Bertz CT molecular complexity index is 498. The van der Waals surface area contributed by atoms with Gasteiger partial charge in [0.15, 0.2) is 0 Å².